The summed E-state index contributed by atoms with van der Waals surface area (Å²) in [4.78, 5) is 35.5. The lowest BCUT2D eigenvalue weighted by Gasteiger charge is -2.47. The lowest BCUT2D eigenvalue weighted by atomic mass is 9.58. The van der Waals surface area contributed by atoms with Crippen LogP contribution >= 0.6 is 0 Å². The van der Waals surface area contributed by atoms with Gasteiger partial charge >= 0.3 is 11.9 Å². The molecule has 0 unspecified atom stereocenters. The number of hydrogen-bond donors (Lipinski definition) is 0. The second kappa shape index (κ2) is 10.1. The first-order chi connectivity index (χ1) is 15.7. The maximum atomic E-state index is 12.0. The van der Waals surface area contributed by atoms with Gasteiger partial charge in [0.1, 0.15) is 0 Å². The van der Waals surface area contributed by atoms with E-state index >= 15 is 0 Å². The van der Waals surface area contributed by atoms with E-state index in [-0.39, 0.29) is 12.6 Å². The molecule has 0 amide bonds. The zero-order valence-electron chi connectivity index (χ0n) is 20.6. The topological polar surface area (TPSA) is 69.7 Å². The molecule has 5 nitrogen and oxygen atoms in total. The van der Waals surface area contributed by atoms with E-state index in [1.807, 2.05) is 6.08 Å². The van der Waals surface area contributed by atoms with Crippen molar-refractivity contribution in [1.82, 2.24) is 0 Å². The SMILES string of the molecule is CC(C)CCC(=O)OCC(=O)OCC[C@H]1C[C@H]2[C@@H]3CCC4=CC(=O)CCC4=C3CC[C@]2(C)C1. The molecule has 0 heterocycles. The number of carbonyl (C=O) groups is 3. The van der Waals surface area contributed by atoms with Crippen molar-refractivity contribution in [2.75, 3.05) is 13.2 Å². The van der Waals surface area contributed by atoms with Crippen LogP contribution in [0.25, 0.3) is 0 Å². The minimum Gasteiger partial charge on any atom is -0.463 e. The van der Waals surface area contributed by atoms with Gasteiger partial charge < -0.3 is 9.47 Å². The molecule has 0 aromatic rings. The van der Waals surface area contributed by atoms with Gasteiger partial charge in [-0.3, -0.25) is 9.59 Å². The van der Waals surface area contributed by atoms with Crippen molar-refractivity contribution in [2.24, 2.45) is 29.1 Å². The van der Waals surface area contributed by atoms with Crippen LogP contribution in [0.4, 0.5) is 0 Å². The van der Waals surface area contributed by atoms with E-state index in [4.69, 9.17) is 9.47 Å². The number of rotatable bonds is 8. The van der Waals surface area contributed by atoms with Gasteiger partial charge in [0.15, 0.2) is 12.4 Å². The van der Waals surface area contributed by atoms with Crippen molar-refractivity contribution in [1.29, 1.82) is 0 Å². The Labute approximate surface area is 198 Å². The van der Waals surface area contributed by atoms with Gasteiger partial charge in [-0.25, -0.2) is 4.79 Å². The van der Waals surface area contributed by atoms with Crippen molar-refractivity contribution < 1.29 is 23.9 Å². The van der Waals surface area contributed by atoms with E-state index in [9.17, 15) is 14.4 Å². The van der Waals surface area contributed by atoms with Gasteiger partial charge in [-0.1, -0.05) is 26.3 Å². The Morgan fingerprint density at radius 3 is 2.73 bits per heavy atom. The molecule has 0 spiro atoms. The highest BCUT2D eigenvalue weighted by molar-refractivity contribution is 5.93. The van der Waals surface area contributed by atoms with Gasteiger partial charge in [0.25, 0.3) is 0 Å². The summed E-state index contributed by atoms with van der Waals surface area (Å²) >= 11 is 0. The molecule has 0 bridgehead atoms. The first-order valence-corrected chi connectivity index (χ1v) is 13.0. The maximum Gasteiger partial charge on any atom is 0.344 e. The van der Waals surface area contributed by atoms with Gasteiger partial charge in [-0.05, 0) is 104 Å². The second-order valence-corrected chi connectivity index (χ2v) is 11.5. The molecule has 0 saturated heterocycles. The molecule has 2 fully saturated rings. The van der Waals surface area contributed by atoms with E-state index in [0.29, 0.717) is 54.3 Å². The average molecular weight is 457 g/mol. The van der Waals surface area contributed by atoms with Crippen LogP contribution in [0.2, 0.25) is 0 Å². The molecule has 0 aromatic carbocycles. The number of esters is 2. The largest absolute Gasteiger partial charge is 0.463 e. The van der Waals surface area contributed by atoms with Gasteiger partial charge in [0.2, 0.25) is 0 Å². The number of allylic oxidation sites excluding steroid dienone is 4. The molecule has 0 aromatic heterocycles. The summed E-state index contributed by atoms with van der Waals surface area (Å²) in [7, 11) is 0. The Hall–Kier alpha value is -1.91. The van der Waals surface area contributed by atoms with E-state index in [2.05, 4.69) is 20.8 Å². The normalized spacial score (nSPS) is 31.0. The first-order valence-electron chi connectivity index (χ1n) is 13.0. The van der Waals surface area contributed by atoms with E-state index in [0.717, 1.165) is 25.7 Å². The standard InChI is InChI=1S/C28H40O5/c1-18(2)4-9-26(30)33-17-27(31)32-13-11-19-14-25-24-7-5-20-15-21(29)6-8-22(20)23(24)10-12-28(25,3)16-19/h15,18-19,24-25H,4-14,16-17H2,1-3H3/t19-,24+,25-,28+/m0/s1. The van der Waals surface area contributed by atoms with Gasteiger partial charge in [0.05, 0.1) is 6.61 Å². The van der Waals surface area contributed by atoms with Crippen molar-refractivity contribution in [2.45, 2.75) is 91.4 Å². The molecule has 0 N–H and O–H groups in total. The highest BCUT2D eigenvalue weighted by Gasteiger charge is 2.51. The average Bonchev–Trinajstić information content (AvgIpc) is 3.12. The summed E-state index contributed by atoms with van der Waals surface area (Å²) in [5.41, 5.74) is 4.88. The second-order valence-electron chi connectivity index (χ2n) is 11.5. The molecule has 0 aliphatic heterocycles. The Balaban J connectivity index is 1.26. The maximum absolute atomic E-state index is 12.0. The molecule has 5 heteroatoms. The zero-order valence-corrected chi connectivity index (χ0v) is 20.6. The Morgan fingerprint density at radius 2 is 1.94 bits per heavy atom. The summed E-state index contributed by atoms with van der Waals surface area (Å²) < 4.78 is 10.4. The van der Waals surface area contributed by atoms with E-state index < -0.39 is 5.97 Å². The molecule has 182 valence electrons. The molecule has 2 saturated carbocycles. The highest BCUT2D eigenvalue weighted by Crippen LogP contribution is 2.61. The van der Waals surface area contributed by atoms with Crippen LogP contribution in [0, 0.1) is 29.1 Å². The fraction of sp³-hybridized carbons (Fsp3) is 0.750. The highest BCUT2D eigenvalue weighted by atomic mass is 16.6. The van der Waals surface area contributed by atoms with Gasteiger partial charge in [-0.15, -0.1) is 0 Å². The first kappa shape index (κ1) is 24.2. The summed E-state index contributed by atoms with van der Waals surface area (Å²) in [6.07, 6.45) is 12.6. The Morgan fingerprint density at radius 1 is 1.12 bits per heavy atom. The van der Waals surface area contributed by atoms with E-state index in [1.54, 1.807) is 5.57 Å². The zero-order chi connectivity index (χ0) is 23.6. The number of ketones is 1. The van der Waals surface area contributed by atoms with Crippen LogP contribution in [0.1, 0.15) is 91.4 Å². The molecule has 0 radical (unpaired) electrons. The van der Waals surface area contributed by atoms with Crippen LogP contribution in [-0.2, 0) is 23.9 Å². The molecule has 33 heavy (non-hydrogen) atoms. The predicted molar refractivity (Wildman–Crippen MR) is 126 cm³/mol. The van der Waals surface area contributed by atoms with Crippen molar-refractivity contribution in [3.8, 4) is 0 Å². The Bertz CT molecular complexity index is 850. The van der Waals surface area contributed by atoms with Crippen LogP contribution < -0.4 is 0 Å². The third kappa shape index (κ3) is 5.60. The Kier molecular flexibility index (Phi) is 7.45. The summed E-state index contributed by atoms with van der Waals surface area (Å²) in [6, 6.07) is 0. The molecule has 4 rings (SSSR count). The smallest absolute Gasteiger partial charge is 0.344 e. The van der Waals surface area contributed by atoms with E-state index in [1.165, 1.54) is 43.3 Å². The molecule has 4 aliphatic carbocycles. The minimum atomic E-state index is -0.444. The fourth-order valence-electron chi connectivity index (χ4n) is 6.96. The van der Waals surface area contributed by atoms with Crippen molar-refractivity contribution in [3.05, 3.63) is 22.8 Å². The number of ether oxygens (including phenoxy) is 2. The number of hydrogen-bond acceptors (Lipinski definition) is 5. The number of fused-ring (bicyclic) bond motifs is 4. The van der Waals surface area contributed by atoms with Crippen molar-refractivity contribution >= 4 is 17.7 Å². The third-order valence-electron chi connectivity index (χ3n) is 8.66. The fourth-order valence-corrected chi connectivity index (χ4v) is 6.96. The number of carbonyl (C=O) groups excluding carboxylic acids is 3. The molecule has 4 atom stereocenters. The molecule has 4 aliphatic rings. The van der Waals surface area contributed by atoms with Gasteiger partial charge in [0, 0.05) is 12.8 Å². The quantitative estimate of drug-likeness (QED) is 0.437. The lowest BCUT2D eigenvalue weighted by molar-refractivity contribution is -0.159. The van der Waals surface area contributed by atoms with Crippen LogP contribution in [-0.4, -0.2) is 30.9 Å². The van der Waals surface area contributed by atoms with Crippen LogP contribution in [0.3, 0.4) is 0 Å². The molecular formula is C28H40O5. The lowest BCUT2D eigenvalue weighted by Crippen LogP contribution is -2.36. The minimum absolute atomic E-state index is 0.278. The summed E-state index contributed by atoms with van der Waals surface area (Å²) in [6.45, 7) is 6.71. The molecular weight excluding hydrogens is 416 g/mol. The van der Waals surface area contributed by atoms with Crippen LogP contribution in [0.15, 0.2) is 22.8 Å². The summed E-state index contributed by atoms with van der Waals surface area (Å²) in [5, 5.41) is 0. The summed E-state index contributed by atoms with van der Waals surface area (Å²) in [5.74, 6) is 1.92. The monoisotopic (exact) mass is 456 g/mol. The van der Waals surface area contributed by atoms with Crippen LogP contribution in [0.5, 0.6) is 0 Å². The van der Waals surface area contributed by atoms with Gasteiger partial charge in [-0.2, -0.15) is 0 Å². The van der Waals surface area contributed by atoms with Crippen molar-refractivity contribution in [3.63, 3.8) is 0 Å². The predicted octanol–water partition coefficient (Wildman–Crippen LogP) is 5.72. The third-order valence-corrected chi connectivity index (χ3v) is 8.66.